The number of amides is 4. The van der Waals surface area contributed by atoms with Crippen molar-refractivity contribution >= 4 is 35.1 Å². The molecule has 1 saturated carbocycles. The van der Waals surface area contributed by atoms with Crippen molar-refractivity contribution in [1.29, 1.82) is 0 Å². The van der Waals surface area contributed by atoms with Crippen LogP contribution in [0.3, 0.4) is 0 Å². The standard InChI is InChI=1S/C24H22ClN3O3/c25-17-8-10-18(11-9-17)26-24(31)27-19(12-14-4-2-1-3-5-14)28-22(29)20-15-6-7-16(13-15)21(20)23(28)30/h1-11,15-16,19-21H,12-13H2,(H2,26,27,31). The van der Waals surface area contributed by atoms with E-state index in [1.807, 2.05) is 30.3 Å². The zero-order chi connectivity index (χ0) is 21.5. The summed E-state index contributed by atoms with van der Waals surface area (Å²) < 4.78 is 0. The third-order valence-electron chi connectivity index (χ3n) is 6.49. The number of hydrogen-bond acceptors (Lipinski definition) is 3. The summed E-state index contributed by atoms with van der Waals surface area (Å²) in [6, 6.07) is 15.8. The molecule has 7 heteroatoms. The van der Waals surface area contributed by atoms with E-state index in [4.69, 9.17) is 11.6 Å². The second kappa shape index (κ2) is 7.85. The van der Waals surface area contributed by atoms with Gasteiger partial charge in [0, 0.05) is 17.1 Å². The van der Waals surface area contributed by atoms with Crippen LogP contribution in [0, 0.1) is 23.7 Å². The number of fused-ring (bicyclic) bond motifs is 5. The predicted molar refractivity (Wildman–Crippen MR) is 117 cm³/mol. The van der Waals surface area contributed by atoms with Gasteiger partial charge in [-0.05, 0) is 48.1 Å². The number of rotatable bonds is 5. The van der Waals surface area contributed by atoms with Crippen LogP contribution in [0.4, 0.5) is 10.5 Å². The second-order valence-corrected chi connectivity index (χ2v) is 8.79. The molecule has 2 fully saturated rings. The van der Waals surface area contributed by atoms with E-state index in [2.05, 4.69) is 22.8 Å². The Morgan fingerprint density at radius 3 is 2.19 bits per heavy atom. The molecule has 1 heterocycles. The van der Waals surface area contributed by atoms with Gasteiger partial charge in [-0.15, -0.1) is 0 Å². The quantitative estimate of drug-likeness (QED) is 0.553. The molecule has 2 aromatic carbocycles. The van der Waals surface area contributed by atoms with Crippen molar-refractivity contribution in [2.75, 3.05) is 5.32 Å². The number of carbonyl (C=O) groups excluding carboxylic acids is 3. The van der Waals surface area contributed by atoms with E-state index in [0.717, 1.165) is 12.0 Å². The van der Waals surface area contributed by atoms with Gasteiger partial charge in [0.25, 0.3) is 0 Å². The minimum absolute atomic E-state index is 0.122. The van der Waals surface area contributed by atoms with E-state index in [9.17, 15) is 14.4 Å². The van der Waals surface area contributed by atoms with Crippen molar-refractivity contribution in [1.82, 2.24) is 10.2 Å². The summed E-state index contributed by atoms with van der Waals surface area (Å²) in [5.41, 5.74) is 1.50. The lowest BCUT2D eigenvalue weighted by atomic mass is 9.85. The molecule has 4 amide bonds. The van der Waals surface area contributed by atoms with E-state index in [-0.39, 0.29) is 35.5 Å². The van der Waals surface area contributed by atoms with E-state index < -0.39 is 12.2 Å². The lowest BCUT2D eigenvalue weighted by Crippen LogP contribution is -2.53. The topological polar surface area (TPSA) is 78.5 Å². The highest BCUT2D eigenvalue weighted by atomic mass is 35.5. The highest BCUT2D eigenvalue weighted by Gasteiger charge is 2.60. The Kier molecular flexibility index (Phi) is 5.02. The molecule has 0 spiro atoms. The Labute approximate surface area is 185 Å². The van der Waals surface area contributed by atoms with Crippen LogP contribution in [-0.4, -0.2) is 28.9 Å². The molecule has 31 heavy (non-hydrogen) atoms. The van der Waals surface area contributed by atoms with Crippen LogP contribution >= 0.6 is 11.6 Å². The summed E-state index contributed by atoms with van der Waals surface area (Å²) in [5, 5.41) is 6.17. The highest BCUT2D eigenvalue weighted by molar-refractivity contribution is 6.30. The van der Waals surface area contributed by atoms with Crippen molar-refractivity contribution < 1.29 is 14.4 Å². The molecule has 0 radical (unpaired) electrons. The summed E-state index contributed by atoms with van der Waals surface area (Å²) >= 11 is 5.90. The third kappa shape index (κ3) is 3.61. The van der Waals surface area contributed by atoms with Crippen LogP contribution in [-0.2, 0) is 16.0 Å². The van der Waals surface area contributed by atoms with E-state index in [1.165, 1.54) is 4.90 Å². The summed E-state index contributed by atoms with van der Waals surface area (Å²) in [4.78, 5) is 40.6. The molecule has 0 aromatic heterocycles. The lowest BCUT2D eigenvalue weighted by Gasteiger charge is -2.29. The van der Waals surface area contributed by atoms with Gasteiger partial charge in [-0.25, -0.2) is 4.79 Å². The first-order valence-corrected chi connectivity index (χ1v) is 10.8. The van der Waals surface area contributed by atoms with Gasteiger partial charge in [0.15, 0.2) is 0 Å². The molecule has 158 valence electrons. The number of urea groups is 1. The Hall–Kier alpha value is -3.12. The molecule has 3 aliphatic rings. The first kappa shape index (κ1) is 19.8. The number of imide groups is 1. The fraction of sp³-hybridized carbons (Fsp3) is 0.292. The number of hydrogen-bond donors (Lipinski definition) is 2. The fourth-order valence-corrected chi connectivity index (χ4v) is 5.25. The maximum atomic E-state index is 13.3. The lowest BCUT2D eigenvalue weighted by molar-refractivity contribution is -0.143. The third-order valence-corrected chi connectivity index (χ3v) is 6.74. The Balaban J connectivity index is 1.38. The molecule has 5 atom stereocenters. The minimum atomic E-state index is -0.764. The van der Waals surface area contributed by atoms with Gasteiger partial charge in [-0.1, -0.05) is 54.1 Å². The number of carbonyl (C=O) groups is 3. The van der Waals surface area contributed by atoms with Crippen LogP contribution in [0.15, 0.2) is 66.7 Å². The highest BCUT2D eigenvalue weighted by Crippen LogP contribution is 2.52. The normalized spacial score (nSPS) is 26.8. The van der Waals surface area contributed by atoms with Crippen molar-refractivity contribution in [3.63, 3.8) is 0 Å². The number of nitrogens with zero attached hydrogens (tertiary/aromatic N) is 1. The van der Waals surface area contributed by atoms with Crippen LogP contribution < -0.4 is 10.6 Å². The average Bonchev–Trinajstić information content (AvgIpc) is 3.44. The number of halogens is 1. The fourth-order valence-electron chi connectivity index (χ4n) is 5.13. The van der Waals surface area contributed by atoms with Crippen LogP contribution in [0.25, 0.3) is 0 Å². The molecular formula is C24H22ClN3O3. The Morgan fingerprint density at radius 1 is 0.968 bits per heavy atom. The van der Waals surface area contributed by atoms with Crippen LogP contribution in [0.1, 0.15) is 12.0 Å². The predicted octanol–water partition coefficient (Wildman–Crippen LogP) is 3.84. The largest absolute Gasteiger partial charge is 0.320 e. The summed E-state index contributed by atoms with van der Waals surface area (Å²) in [5.74, 6) is -0.726. The van der Waals surface area contributed by atoms with Gasteiger partial charge < -0.3 is 10.6 Å². The molecule has 2 bridgehead atoms. The first-order valence-electron chi connectivity index (χ1n) is 10.4. The van der Waals surface area contributed by atoms with E-state index in [1.54, 1.807) is 24.3 Å². The summed E-state index contributed by atoms with van der Waals surface area (Å²) in [6.07, 6.45) is 4.57. The molecular weight excluding hydrogens is 414 g/mol. The first-order chi connectivity index (χ1) is 15.0. The van der Waals surface area contributed by atoms with E-state index in [0.29, 0.717) is 17.1 Å². The van der Waals surface area contributed by atoms with Gasteiger partial charge in [0.2, 0.25) is 11.8 Å². The molecule has 5 unspecified atom stereocenters. The van der Waals surface area contributed by atoms with Crippen LogP contribution in [0.5, 0.6) is 0 Å². The number of nitrogens with one attached hydrogen (secondary N) is 2. The van der Waals surface area contributed by atoms with Crippen molar-refractivity contribution in [2.45, 2.75) is 19.0 Å². The zero-order valence-electron chi connectivity index (χ0n) is 16.7. The molecule has 2 aromatic rings. The SMILES string of the molecule is O=C(Nc1ccc(Cl)cc1)NC(Cc1ccccc1)N1C(=O)C2C3C=CC(C3)C2C1=O. The molecule has 5 rings (SSSR count). The number of anilines is 1. The molecule has 6 nitrogen and oxygen atoms in total. The van der Waals surface area contributed by atoms with Gasteiger partial charge in [-0.2, -0.15) is 0 Å². The van der Waals surface area contributed by atoms with E-state index >= 15 is 0 Å². The smallest absolute Gasteiger partial charge is 0.317 e. The summed E-state index contributed by atoms with van der Waals surface area (Å²) in [6.45, 7) is 0. The van der Waals surface area contributed by atoms with Gasteiger partial charge in [0.1, 0.15) is 6.17 Å². The summed E-state index contributed by atoms with van der Waals surface area (Å²) in [7, 11) is 0. The van der Waals surface area contributed by atoms with Crippen molar-refractivity contribution in [3.05, 3.63) is 77.3 Å². The average molecular weight is 436 g/mol. The number of likely N-dealkylation sites (tertiary alicyclic amines) is 1. The molecule has 2 aliphatic carbocycles. The second-order valence-electron chi connectivity index (χ2n) is 8.36. The van der Waals surface area contributed by atoms with Gasteiger partial charge in [-0.3, -0.25) is 14.5 Å². The monoisotopic (exact) mass is 435 g/mol. The molecule has 2 N–H and O–H groups in total. The molecule has 1 aliphatic heterocycles. The maximum absolute atomic E-state index is 13.3. The van der Waals surface area contributed by atoms with Gasteiger partial charge >= 0.3 is 6.03 Å². The maximum Gasteiger partial charge on any atom is 0.320 e. The molecule has 1 saturated heterocycles. The Bertz CT molecular complexity index is 1020. The van der Waals surface area contributed by atoms with Crippen LogP contribution in [0.2, 0.25) is 5.02 Å². The zero-order valence-corrected chi connectivity index (χ0v) is 17.5. The number of benzene rings is 2. The van der Waals surface area contributed by atoms with Crippen molar-refractivity contribution in [3.8, 4) is 0 Å². The van der Waals surface area contributed by atoms with Gasteiger partial charge in [0.05, 0.1) is 11.8 Å². The Morgan fingerprint density at radius 2 is 1.58 bits per heavy atom. The number of allylic oxidation sites excluding steroid dienone is 2. The van der Waals surface area contributed by atoms with Crippen molar-refractivity contribution in [2.24, 2.45) is 23.7 Å². The minimum Gasteiger partial charge on any atom is -0.317 e.